The summed E-state index contributed by atoms with van der Waals surface area (Å²) in [5, 5.41) is 10.2. The van der Waals surface area contributed by atoms with Gasteiger partial charge in [0.25, 0.3) is 0 Å². The van der Waals surface area contributed by atoms with Crippen molar-refractivity contribution in [3.05, 3.63) is 36.2 Å². The van der Waals surface area contributed by atoms with E-state index in [1.54, 1.807) is 4.90 Å². The van der Waals surface area contributed by atoms with Crippen LogP contribution in [0.15, 0.2) is 30.3 Å². The molecule has 8 nitrogen and oxygen atoms in total. The lowest BCUT2D eigenvalue weighted by molar-refractivity contribution is -0.135. The Kier molecular flexibility index (Phi) is 5.85. The van der Waals surface area contributed by atoms with Crippen molar-refractivity contribution in [2.75, 3.05) is 20.3 Å². The summed E-state index contributed by atoms with van der Waals surface area (Å²) in [6, 6.07) is 9.26. The summed E-state index contributed by atoms with van der Waals surface area (Å²) in [6.45, 7) is 4.18. The molecule has 0 unspecified atom stereocenters. The summed E-state index contributed by atoms with van der Waals surface area (Å²) in [6.07, 6.45) is 0.581. The van der Waals surface area contributed by atoms with E-state index >= 15 is 0 Å². The number of benzene rings is 1. The molecular formula is C19H25N5O3. The first-order chi connectivity index (χ1) is 13.0. The molecule has 0 saturated carbocycles. The topological polar surface area (TPSA) is 100 Å². The lowest BCUT2D eigenvalue weighted by Crippen LogP contribution is -2.41. The van der Waals surface area contributed by atoms with E-state index in [2.05, 4.69) is 20.5 Å². The van der Waals surface area contributed by atoms with Crippen molar-refractivity contribution in [2.45, 2.75) is 32.4 Å². The smallest absolute Gasteiger partial charge is 0.246 e. The molecule has 0 spiro atoms. The Morgan fingerprint density at radius 2 is 2.07 bits per heavy atom. The van der Waals surface area contributed by atoms with Crippen molar-refractivity contribution in [3.63, 3.8) is 0 Å². The summed E-state index contributed by atoms with van der Waals surface area (Å²) < 4.78 is 4.87. The molecule has 1 aliphatic rings. The first-order valence-corrected chi connectivity index (χ1v) is 9.06. The molecule has 8 heteroatoms. The van der Waals surface area contributed by atoms with E-state index in [0.717, 1.165) is 5.56 Å². The maximum Gasteiger partial charge on any atom is 0.246 e. The third-order valence-corrected chi connectivity index (χ3v) is 4.57. The Morgan fingerprint density at radius 1 is 1.33 bits per heavy atom. The fourth-order valence-corrected chi connectivity index (χ4v) is 3.32. The highest BCUT2D eigenvalue weighted by atomic mass is 16.5. The van der Waals surface area contributed by atoms with Crippen LogP contribution in [0.2, 0.25) is 0 Å². The lowest BCUT2D eigenvalue weighted by atomic mass is 10.1. The van der Waals surface area contributed by atoms with E-state index in [-0.39, 0.29) is 36.4 Å². The van der Waals surface area contributed by atoms with Gasteiger partial charge in [0.2, 0.25) is 11.8 Å². The second-order valence-corrected chi connectivity index (χ2v) is 7.00. The molecule has 1 aromatic heterocycles. The van der Waals surface area contributed by atoms with Gasteiger partial charge in [0.05, 0.1) is 6.04 Å². The van der Waals surface area contributed by atoms with Gasteiger partial charge in [0.15, 0.2) is 5.82 Å². The summed E-state index contributed by atoms with van der Waals surface area (Å²) in [7, 11) is 1.48. The van der Waals surface area contributed by atoms with Crippen LogP contribution in [-0.4, -0.2) is 58.2 Å². The van der Waals surface area contributed by atoms with Gasteiger partial charge in [0, 0.05) is 31.2 Å². The number of aromatic amines is 1. The standard InChI is InChI=1S/C19H25N5O3/c1-12(2)19(26)24-10-14(20-16(25)11-27-3)9-15(24)18-21-17(22-23-18)13-7-5-4-6-8-13/h4-8,12,14-15H,9-11H2,1-3H3,(H,20,25)(H,21,22,23)/t14-,15-/m0/s1. The predicted octanol–water partition coefficient (Wildman–Crippen LogP) is 1.53. The Hall–Kier alpha value is -2.74. The third-order valence-electron chi connectivity index (χ3n) is 4.57. The van der Waals surface area contributed by atoms with Crippen LogP contribution in [0, 0.1) is 5.92 Å². The van der Waals surface area contributed by atoms with Crippen molar-refractivity contribution in [1.82, 2.24) is 25.4 Å². The van der Waals surface area contributed by atoms with Crippen LogP contribution in [0.1, 0.15) is 32.1 Å². The summed E-state index contributed by atoms with van der Waals surface area (Å²) in [4.78, 5) is 30.9. The SMILES string of the molecule is COCC(=O)N[C@H]1C[C@@H](c2nc(-c3ccccc3)n[nH]2)N(C(=O)C(C)C)C1. The van der Waals surface area contributed by atoms with E-state index in [4.69, 9.17) is 4.74 Å². The highest BCUT2D eigenvalue weighted by molar-refractivity contribution is 5.80. The quantitative estimate of drug-likeness (QED) is 0.802. The van der Waals surface area contributed by atoms with Crippen molar-refractivity contribution in [2.24, 2.45) is 5.92 Å². The van der Waals surface area contributed by atoms with E-state index in [9.17, 15) is 9.59 Å². The van der Waals surface area contributed by atoms with Crippen molar-refractivity contribution in [1.29, 1.82) is 0 Å². The lowest BCUT2D eigenvalue weighted by Gasteiger charge is -2.24. The van der Waals surface area contributed by atoms with Crippen molar-refractivity contribution in [3.8, 4) is 11.4 Å². The molecule has 2 heterocycles. The second kappa shape index (κ2) is 8.30. The van der Waals surface area contributed by atoms with Crippen LogP contribution in [0.5, 0.6) is 0 Å². The second-order valence-electron chi connectivity index (χ2n) is 7.00. The summed E-state index contributed by atoms with van der Waals surface area (Å²) in [5.74, 6) is 0.919. The average Bonchev–Trinajstić information content (AvgIpc) is 3.29. The van der Waals surface area contributed by atoms with Crippen LogP contribution in [0.3, 0.4) is 0 Å². The number of ether oxygens (including phenoxy) is 1. The van der Waals surface area contributed by atoms with Gasteiger partial charge < -0.3 is 15.0 Å². The van der Waals surface area contributed by atoms with Gasteiger partial charge in [-0.15, -0.1) is 0 Å². The molecule has 1 fully saturated rings. The fraction of sp³-hybridized carbons (Fsp3) is 0.474. The monoisotopic (exact) mass is 371 g/mol. The van der Waals surface area contributed by atoms with E-state index in [1.807, 2.05) is 44.2 Å². The summed E-state index contributed by atoms with van der Waals surface area (Å²) in [5.41, 5.74) is 0.907. The zero-order chi connectivity index (χ0) is 19.4. The van der Waals surface area contributed by atoms with E-state index in [1.165, 1.54) is 7.11 Å². The molecule has 3 rings (SSSR count). The Bertz CT molecular complexity index is 790. The number of carbonyl (C=O) groups is 2. The summed E-state index contributed by atoms with van der Waals surface area (Å²) >= 11 is 0. The average molecular weight is 371 g/mol. The van der Waals surface area contributed by atoms with Crippen LogP contribution in [0.25, 0.3) is 11.4 Å². The Morgan fingerprint density at radius 3 is 2.74 bits per heavy atom. The molecule has 2 amide bonds. The van der Waals surface area contributed by atoms with Crippen molar-refractivity contribution < 1.29 is 14.3 Å². The molecule has 1 aliphatic heterocycles. The van der Waals surface area contributed by atoms with Gasteiger partial charge >= 0.3 is 0 Å². The largest absolute Gasteiger partial charge is 0.375 e. The molecule has 0 radical (unpaired) electrons. The minimum atomic E-state index is -0.252. The van der Waals surface area contributed by atoms with Crippen LogP contribution < -0.4 is 5.32 Å². The number of hydrogen-bond acceptors (Lipinski definition) is 5. The van der Waals surface area contributed by atoms with Gasteiger partial charge in [-0.25, -0.2) is 4.98 Å². The van der Waals surface area contributed by atoms with E-state index < -0.39 is 0 Å². The minimum absolute atomic E-state index is 0.000242. The predicted molar refractivity (Wildman–Crippen MR) is 99.5 cm³/mol. The Labute approximate surface area is 158 Å². The van der Waals surface area contributed by atoms with E-state index in [0.29, 0.717) is 24.6 Å². The normalized spacial score (nSPS) is 19.5. The third kappa shape index (κ3) is 4.33. The fourth-order valence-electron chi connectivity index (χ4n) is 3.32. The minimum Gasteiger partial charge on any atom is -0.375 e. The van der Waals surface area contributed by atoms with Crippen molar-refractivity contribution >= 4 is 11.8 Å². The molecular weight excluding hydrogens is 346 g/mol. The molecule has 1 aromatic carbocycles. The van der Waals surface area contributed by atoms with Crippen LogP contribution in [-0.2, 0) is 14.3 Å². The zero-order valence-corrected chi connectivity index (χ0v) is 15.8. The van der Waals surface area contributed by atoms with Crippen LogP contribution >= 0.6 is 0 Å². The number of likely N-dealkylation sites (tertiary alicyclic amines) is 1. The zero-order valence-electron chi connectivity index (χ0n) is 15.8. The maximum absolute atomic E-state index is 12.7. The molecule has 2 N–H and O–H groups in total. The van der Waals surface area contributed by atoms with Gasteiger partial charge in [0.1, 0.15) is 12.4 Å². The molecule has 0 aliphatic carbocycles. The van der Waals surface area contributed by atoms with Gasteiger partial charge in [-0.3, -0.25) is 14.7 Å². The van der Waals surface area contributed by atoms with Gasteiger partial charge in [-0.2, -0.15) is 5.10 Å². The number of carbonyl (C=O) groups excluding carboxylic acids is 2. The highest BCUT2D eigenvalue weighted by Crippen LogP contribution is 2.32. The first kappa shape index (κ1) is 19.0. The number of methoxy groups -OCH3 is 1. The van der Waals surface area contributed by atoms with Gasteiger partial charge in [-0.05, 0) is 6.42 Å². The molecule has 1 saturated heterocycles. The number of H-pyrrole nitrogens is 1. The number of aromatic nitrogens is 3. The first-order valence-electron chi connectivity index (χ1n) is 9.06. The molecule has 144 valence electrons. The number of nitrogens with one attached hydrogen (secondary N) is 2. The number of rotatable bonds is 6. The highest BCUT2D eigenvalue weighted by Gasteiger charge is 2.39. The molecule has 27 heavy (non-hydrogen) atoms. The number of nitrogens with zero attached hydrogens (tertiary/aromatic N) is 3. The number of hydrogen-bond donors (Lipinski definition) is 2. The van der Waals surface area contributed by atoms with Gasteiger partial charge in [-0.1, -0.05) is 44.2 Å². The van der Waals surface area contributed by atoms with Crippen LogP contribution in [0.4, 0.5) is 0 Å². The maximum atomic E-state index is 12.7. The number of amides is 2. The molecule has 0 bridgehead atoms. The Balaban J connectivity index is 1.81. The molecule has 2 aromatic rings. The molecule has 2 atom stereocenters.